The van der Waals surface area contributed by atoms with E-state index in [1.54, 1.807) is 18.0 Å². The molecule has 1 aliphatic heterocycles. The Bertz CT molecular complexity index is 719. The van der Waals surface area contributed by atoms with Crippen LogP contribution in [-0.4, -0.2) is 46.7 Å². The fourth-order valence-corrected chi connectivity index (χ4v) is 3.72. The summed E-state index contributed by atoms with van der Waals surface area (Å²) in [5, 5.41) is 3.87. The lowest BCUT2D eigenvalue weighted by atomic mass is 10.2. The second-order valence-electron chi connectivity index (χ2n) is 6.16. The predicted octanol–water partition coefficient (Wildman–Crippen LogP) is 3.44. The van der Waals surface area contributed by atoms with E-state index in [4.69, 9.17) is 16.0 Å². The van der Waals surface area contributed by atoms with Crippen LogP contribution >= 0.6 is 23.4 Å². The lowest BCUT2D eigenvalue weighted by molar-refractivity contribution is -0.133. The number of carbonyl (C=O) groups is 1. The number of thioether (sulfide) groups is 1. The number of aromatic nitrogens is 1. The summed E-state index contributed by atoms with van der Waals surface area (Å²) in [6, 6.07) is 7.68. The highest BCUT2D eigenvalue weighted by Crippen LogP contribution is 2.25. The molecule has 134 valence electrons. The van der Waals surface area contributed by atoms with Gasteiger partial charge in [0, 0.05) is 36.3 Å². The number of hydrogen-bond donors (Lipinski definition) is 1. The zero-order valence-electron chi connectivity index (χ0n) is 14.4. The molecule has 3 rings (SSSR count). The zero-order valence-corrected chi connectivity index (χ0v) is 15.9. The fraction of sp³-hybridized carbons (Fsp3) is 0.444. The summed E-state index contributed by atoms with van der Waals surface area (Å²) in [6.45, 7) is 6.51. The summed E-state index contributed by atoms with van der Waals surface area (Å²) in [4.78, 5) is 18.9. The zero-order chi connectivity index (χ0) is 17.8. The van der Waals surface area contributed by atoms with Crippen LogP contribution < -0.4 is 5.32 Å². The average molecular weight is 380 g/mol. The number of hydrogen-bond acceptors (Lipinski definition) is 5. The number of carbonyl (C=O) groups excluding carboxylic acids is 1. The third kappa shape index (κ3) is 4.57. The van der Waals surface area contributed by atoms with Gasteiger partial charge < -0.3 is 14.6 Å². The van der Waals surface area contributed by atoms with Crippen LogP contribution in [0.4, 0.5) is 0 Å². The minimum Gasteiger partial charge on any atom is -0.440 e. The fourth-order valence-electron chi connectivity index (χ4n) is 2.79. The maximum atomic E-state index is 12.6. The smallest absolute Gasteiger partial charge is 0.235 e. The number of piperazine rings is 1. The largest absolute Gasteiger partial charge is 0.440 e. The molecule has 0 aliphatic carbocycles. The molecule has 7 heteroatoms. The quantitative estimate of drug-likeness (QED) is 0.862. The van der Waals surface area contributed by atoms with Crippen molar-refractivity contribution < 1.29 is 9.21 Å². The minimum absolute atomic E-state index is 0.119. The number of amides is 1. The SMILES string of the molecule is CC(SCc1ncc(-c2ccc(Cl)cc2)o1)C(=O)N1CCNC[C@H]1C. The molecule has 1 aliphatic rings. The predicted molar refractivity (Wildman–Crippen MR) is 102 cm³/mol. The monoisotopic (exact) mass is 379 g/mol. The lowest BCUT2D eigenvalue weighted by Crippen LogP contribution is -2.54. The number of rotatable bonds is 5. The van der Waals surface area contributed by atoms with Crippen LogP contribution in [0.2, 0.25) is 5.02 Å². The van der Waals surface area contributed by atoms with E-state index in [2.05, 4.69) is 17.2 Å². The molecule has 0 radical (unpaired) electrons. The Morgan fingerprint density at radius 1 is 1.48 bits per heavy atom. The molecule has 1 amide bonds. The molecule has 1 N–H and O–H groups in total. The van der Waals surface area contributed by atoms with Gasteiger partial charge in [0.25, 0.3) is 0 Å². The lowest BCUT2D eigenvalue weighted by Gasteiger charge is -2.35. The van der Waals surface area contributed by atoms with Gasteiger partial charge in [0.1, 0.15) is 0 Å². The van der Waals surface area contributed by atoms with Gasteiger partial charge in [-0.25, -0.2) is 4.98 Å². The van der Waals surface area contributed by atoms with E-state index in [0.717, 1.165) is 25.2 Å². The summed E-state index contributed by atoms with van der Waals surface area (Å²) in [7, 11) is 0. The second kappa shape index (κ2) is 8.25. The van der Waals surface area contributed by atoms with Crippen LogP contribution in [0.1, 0.15) is 19.7 Å². The Balaban J connectivity index is 1.56. The average Bonchev–Trinajstić information content (AvgIpc) is 3.09. The van der Waals surface area contributed by atoms with Crippen LogP contribution in [0, 0.1) is 0 Å². The van der Waals surface area contributed by atoms with Gasteiger partial charge in [-0.05, 0) is 38.1 Å². The molecule has 0 spiro atoms. The third-order valence-corrected chi connectivity index (χ3v) is 5.64. The molecule has 1 aromatic carbocycles. The molecule has 0 bridgehead atoms. The molecule has 0 saturated carbocycles. The van der Waals surface area contributed by atoms with E-state index >= 15 is 0 Å². The first kappa shape index (κ1) is 18.3. The van der Waals surface area contributed by atoms with Crippen molar-refractivity contribution in [3.63, 3.8) is 0 Å². The molecular formula is C18H22ClN3O2S. The first-order valence-electron chi connectivity index (χ1n) is 8.38. The van der Waals surface area contributed by atoms with E-state index in [1.165, 1.54) is 0 Å². The van der Waals surface area contributed by atoms with Gasteiger partial charge in [-0.15, -0.1) is 11.8 Å². The van der Waals surface area contributed by atoms with Crippen LogP contribution in [0.5, 0.6) is 0 Å². The van der Waals surface area contributed by atoms with Crippen molar-refractivity contribution in [2.45, 2.75) is 30.9 Å². The highest BCUT2D eigenvalue weighted by molar-refractivity contribution is 7.99. The van der Waals surface area contributed by atoms with Crippen molar-refractivity contribution in [1.29, 1.82) is 0 Å². The highest BCUT2D eigenvalue weighted by atomic mass is 35.5. The van der Waals surface area contributed by atoms with Crippen LogP contribution in [0.15, 0.2) is 34.9 Å². The number of nitrogens with zero attached hydrogens (tertiary/aromatic N) is 2. The molecule has 25 heavy (non-hydrogen) atoms. The third-order valence-electron chi connectivity index (χ3n) is 4.27. The van der Waals surface area contributed by atoms with Gasteiger partial charge in [0.2, 0.25) is 11.8 Å². The van der Waals surface area contributed by atoms with E-state index in [1.807, 2.05) is 36.1 Å². The number of nitrogens with one attached hydrogen (secondary N) is 1. The first-order valence-corrected chi connectivity index (χ1v) is 9.80. The molecule has 2 aromatic rings. The molecule has 1 saturated heterocycles. The normalized spacial score (nSPS) is 19.0. The molecule has 5 nitrogen and oxygen atoms in total. The van der Waals surface area contributed by atoms with Gasteiger partial charge >= 0.3 is 0 Å². The van der Waals surface area contributed by atoms with Gasteiger partial charge in [-0.1, -0.05) is 11.6 Å². The van der Waals surface area contributed by atoms with Gasteiger partial charge in [-0.3, -0.25) is 4.79 Å². The Hall–Kier alpha value is -1.50. The standard InChI is InChI=1S/C18H22ClN3O2S/c1-12-9-20-7-8-22(12)18(23)13(2)25-11-17-21-10-16(24-17)14-3-5-15(19)6-4-14/h3-6,10,12-13,20H,7-9,11H2,1-2H3/t12-,13?/m1/s1. The second-order valence-corrected chi connectivity index (χ2v) is 7.93. The summed E-state index contributed by atoms with van der Waals surface area (Å²) >= 11 is 7.46. The highest BCUT2D eigenvalue weighted by Gasteiger charge is 2.27. The summed E-state index contributed by atoms with van der Waals surface area (Å²) < 4.78 is 5.80. The summed E-state index contributed by atoms with van der Waals surface area (Å²) in [5.74, 6) is 2.09. The van der Waals surface area contributed by atoms with E-state index in [0.29, 0.717) is 22.4 Å². The van der Waals surface area contributed by atoms with Crippen molar-refractivity contribution in [3.8, 4) is 11.3 Å². The summed E-state index contributed by atoms with van der Waals surface area (Å²) in [6.07, 6.45) is 1.71. The van der Waals surface area contributed by atoms with Gasteiger partial charge in [0.05, 0.1) is 17.2 Å². The molecule has 1 unspecified atom stereocenters. The van der Waals surface area contributed by atoms with Crippen LogP contribution in [0.25, 0.3) is 11.3 Å². The van der Waals surface area contributed by atoms with E-state index < -0.39 is 0 Å². The number of halogens is 1. The Labute approximate surface area is 157 Å². The van der Waals surface area contributed by atoms with Crippen molar-refractivity contribution in [3.05, 3.63) is 41.4 Å². The maximum Gasteiger partial charge on any atom is 0.235 e. The molecule has 2 atom stereocenters. The Morgan fingerprint density at radius 3 is 2.96 bits per heavy atom. The Morgan fingerprint density at radius 2 is 2.24 bits per heavy atom. The number of oxazole rings is 1. The topological polar surface area (TPSA) is 58.4 Å². The van der Waals surface area contributed by atoms with E-state index in [-0.39, 0.29) is 17.2 Å². The van der Waals surface area contributed by atoms with Crippen molar-refractivity contribution in [1.82, 2.24) is 15.2 Å². The molecule has 1 fully saturated rings. The van der Waals surface area contributed by atoms with Gasteiger partial charge in [0.15, 0.2) is 5.76 Å². The summed E-state index contributed by atoms with van der Waals surface area (Å²) in [5.41, 5.74) is 0.937. The minimum atomic E-state index is -0.119. The molecular weight excluding hydrogens is 358 g/mol. The van der Waals surface area contributed by atoms with Crippen LogP contribution in [0.3, 0.4) is 0 Å². The number of benzene rings is 1. The van der Waals surface area contributed by atoms with Crippen molar-refractivity contribution in [2.75, 3.05) is 19.6 Å². The Kier molecular flexibility index (Phi) is 6.04. The van der Waals surface area contributed by atoms with E-state index in [9.17, 15) is 4.79 Å². The maximum absolute atomic E-state index is 12.6. The van der Waals surface area contributed by atoms with Crippen molar-refractivity contribution >= 4 is 29.3 Å². The molecule has 2 heterocycles. The van der Waals surface area contributed by atoms with Gasteiger partial charge in [-0.2, -0.15) is 0 Å². The van der Waals surface area contributed by atoms with Crippen molar-refractivity contribution in [2.24, 2.45) is 0 Å². The first-order chi connectivity index (χ1) is 12.0. The van der Waals surface area contributed by atoms with Crippen LogP contribution in [-0.2, 0) is 10.5 Å². The molecule has 1 aromatic heterocycles.